The Hall–Kier alpha value is -3.14. The fourth-order valence-electron chi connectivity index (χ4n) is 2.67. The third-order valence-electron chi connectivity index (χ3n) is 3.81. The smallest absolute Gasteiger partial charge is 0.255 e. The number of carbonyl (C=O) groups excluding carboxylic acids is 1. The highest BCUT2D eigenvalue weighted by molar-refractivity contribution is 7.13. The van der Waals surface area contributed by atoms with Crippen molar-refractivity contribution >= 4 is 23.2 Å². The van der Waals surface area contributed by atoms with Crippen molar-refractivity contribution in [2.24, 2.45) is 0 Å². The number of ether oxygens (including phenoxy) is 1. The van der Waals surface area contributed by atoms with Gasteiger partial charge in [0.2, 0.25) is 11.8 Å². The van der Waals surface area contributed by atoms with Gasteiger partial charge in [-0.1, -0.05) is 0 Å². The molecule has 1 amide bonds. The molecule has 3 N–H and O–H groups in total. The molecule has 4 rings (SSSR count). The lowest BCUT2D eigenvalue weighted by Crippen LogP contribution is -2.36. The van der Waals surface area contributed by atoms with Gasteiger partial charge in [-0.2, -0.15) is 0 Å². The third-order valence-corrected chi connectivity index (χ3v) is 4.68. The van der Waals surface area contributed by atoms with Crippen LogP contribution in [0.4, 0.5) is 5.95 Å². The number of hydrogen-bond acceptors (Lipinski definition) is 9. The minimum atomic E-state index is -0.330. The van der Waals surface area contributed by atoms with Gasteiger partial charge < -0.3 is 15.8 Å². The summed E-state index contributed by atoms with van der Waals surface area (Å²) in [4.78, 5) is 34.2. The second kappa shape index (κ2) is 6.06. The van der Waals surface area contributed by atoms with Crippen molar-refractivity contribution in [2.75, 3.05) is 12.8 Å². The van der Waals surface area contributed by atoms with Gasteiger partial charge in [-0.3, -0.25) is 9.78 Å². The Labute approximate surface area is 146 Å². The van der Waals surface area contributed by atoms with Crippen LogP contribution in [0.2, 0.25) is 0 Å². The topological polar surface area (TPSA) is 129 Å². The first kappa shape index (κ1) is 15.4. The molecule has 10 heteroatoms. The monoisotopic (exact) mass is 355 g/mol. The van der Waals surface area contributed by atoms with E-state index in [1.54, 1.807) is 11.7 Å². The van der Waals surface area contributed by atoms with E-state index in [2.05, 4.69) is 30.2 Å². The highest BCUT2D eigenvalue weighted by Crippen LogP contribution is 2.34. The van der Waals surface area contributed by atoms with E-state index in [0.717, 1.165) is 4.88 Å². The van der Waals surface area contributed by atoms with Crippen molar-refractivity contribution in [1.29, 1.82) is 0 Å². The zero-order valence-corrected chi connectivity index (χ0v) is 13.9. The maximum absolute atomic E-state index is 12.3. The van der Waals surface area contributed by atoms with E-state index in [0.29, 0.717) is 34.9 Å². The average molecular weight is 355 g/mol. The van der Waals surface area contributed by atoms with E-state index in [-0.39, 0.29) is 17.9 Å². The van der Waals surface area contributed by atoms with Crippen LogP contribution in [0.15, 0.2) is 24.1 Å². The Kier molecular flexibility index (Phi) is 3.73. The number of amides is 1. The Balaban J connectivity index is 1.72. The predicted octanol–water partition coefficient (Wildman–Crippen LogP) is 1.01. The summed E-state index contributed by atoms with van der Waals surface area (Å²) in [6.45, 7) is 0. The Morgan fingerprint density at radius 1 is 1.28 bits per heavy atom. The summed E-state index contributed by atoms with van der Waals surface area (Å²) in [6, 6.07) is -0.330. The molecule has 3 aromatic heterocycles. The highest BCUT2D eigenvalue weighted by atomic mass is 32.1. The van der Waals surface area contributed by atoms with E-state index in [9.17, 15) is 4.79 Å². The standard InChI is InChI=1S/C15H13N7O2S/c1-24-11-5-17-4-10(20-11)13-12(19-6-25-13)9-2-8-7(14(23)21-9)3-18-15(16)22-8/h3-6,9H,2H2,1H3,(H,21,23)(H2,16,18,22). The summed E-state index contributed by atoms with van der Waals surface area (Å²) in [6.07, 6.45) is 5.08. The number of thiazole rings is 1. The molecule has 126 valence electrons. The minimum Gasteiger partial charge on any atom is -0.480 e. The number of methoxy groups -OCH3 is 1. The van der Waals surface area contributed by atoms with Crippen LogP contribution in [0.5, 0.6) is 5.88 Å². The molecule has 0 aromatic carbocycles. The van der Waals surface area contributed by atoms with Crippen LogP contribution >= 0.6 is 11.3 Å². The number of hydrogen-bond donors (Lipinski definition) is 2. The van der Waals surface area contributed by atoms with Crippen LogP contribution in [-0.4, -0.2) is 37.9 Å². The van der Waals surface area contributed by atoms with Crippen LogP contribution in [0.1, 0.15) is 27.8 Å². The van der Waals surface area contributed by atoms with E-state index in [1.807, 2.05) is 0 Å². The van der Waals surface area contributed by atoms with Gasteiger partial charge in [-0.25, -0.2) is 19.9 Å². The number of nitrogens with zero attached hydrogens (tertiary/aromatic N) is 5. The maximum Gasteiger partial charge on any atom is 0.255 e. The molecule has 0 bridgehead atoms. The lowest BCUT2D eigenvalue weighted by atomic mass is 9.98. The lowest BCUT2D eigenvalue weighted by Gasteiger charge is -2.24. The van der Waals surface area contributed by atoms with Gasteiger partial charge in [0.15, 0.2) is 0 Å². The first-order valence-corrected chi connectivity index (χ1v) is 8.25. The average Bonchev–Trinajstić information content (AvgIpc) is 3.11. The molecule has 3 aromatic rings. The Bertz CT molecular complexity index is 959. The van der Waals surface area contributed by atoms with Crippen molar-refractivity contribution in [3.63, 3.8) is 0 Å². The van der Waals surface area contributed by atoms with Crippen molar-refractivity contribution in [1.82, 2.24) is 30.2 Å². The van der Waals surface area contributed by atoms with Gasteiger partial charge in [0.05, 0.1) is 52.9 Å². The summed E-state index contributed by atoms with van der Waals surface area (Å²) >= 11 is 1.42. The SMILES string of the molecule is COc1cncc(-c2scnc2C2Cc3nc(N)ncc3C(=O)N2)n1. The third kappa shape index (κ3) is 2.76. The molecule has 4 heterocycles. The van der Waals surface area contributed by atoms with E-state index in [1.165, 1.54) is 30.8 Å². The van der Waals surface area contributed by atoms with Crippen LogP contribution in [0.25, 0.3) is 10.6 Å². The first-order valence-electron chi connectivity index (χ1n) is 7.37. The number of carbonyl (C=O) groups is 1. The molecule has 1 aliphatic heterocycles. The molecule has 0 spiro atoms. The quantitative estimate of drug-likeness (QED) is 0.712. The second-order valence-electron chi connectivity index (χ2n) is 5.33. The zero-order chi connectivity index (χ0) is 17.4. The summed E-state index contributed by atoms with van der Waals surface area (Å²) in [5.41, 5.74) is 9.75. The molecular formula is C15H13N7O2S. The van der Waals surface area contributed by atoms with Crippen molar-refractivity contribution in [3.8, 4) is 16.5 Å². The zero-order valence-electron chi connectivity index (χ0n) is 13.1. The predicted molar refractivity (Wildman–Crippen MR) is 90.0 cm³/mol. The molecular weight excluding hydrogens is 342 g/mol. The molecule has 0 saturated carbocycles. The normalized spacial score (nSPS) is 16.2. The number of nitrogens with one attached hydrogen (secondary N) is 1. The molecule has 25 heavy (non-hydrogen) atoms. The number of nitrogen functional groups attached to an aromatic ring is 1. The lowest BCUT2D eigenvalue weighted by molar-refractivity contribution is 0.0922. The van der Waals surface area contributed by atoms with Crippen LogP contribution < -0.4 is 15.8 Å². The molecule has 1 atom stereocenters. The maximum atomic E-state index is 12.3. The van der Waals surface area contributed by atoms with E-state index in [4.69, 9.17) is 10.5 Å². The van der Waals surface area contributed by atoms with Crippen molar-refractivity contribution in [3.05, 3.63) is 41.1 Å². The highest BCUT2D eigenvalue weighted by Gasteiger charge is 2.30. The molecule has 9 nitrogen and oxygen atoms in total. The van der Waals surface area contributed by atoms with E-state index >= 15 is 0 Å². The van der Waals surface area contributed by atoms with Crippen LogP contribution in [0, 0.1) is 0 Å². The van der Waals surface area contributed by atoms with Crippen molar-refractivity contribution < 1.29 is 9.53 Å². The summed E-state index contributed by atoms with van der Waals surface area (Å²) in [7, 11) is 1.53. The van der Waals surface area contributed by atoms with E-state index < -0.39 is 0 Å². The fraction of sp³-hybridized carbons (Fsp3) is 0.200. The summed E-state index contributed by atoms with van der Waals surface area (Å²) < 4.78 is 5.13. The van der Waals surface area contributed by atoms with Gasteiger partial charge in [-0.15, -0.1) is 11.3 Å². The summed E-state index contributed by atoms with van der Waals surface area (Å²) in [5.74, 6) is 0.307. The van der Waals surface area contributed by atoms with Crippen LogP contribution in [-0.2, 0) is 6.42 Å². The molecule has 0 aliphatic carbocycles. The Morgan fingerprint density at radius 3 is 3.00 bits per heavy atom. The number of anilines is 1. The van der Waals surface area contributed by atoms with Gasteiger partial charge in [-0.05, 0) is 0 Å². The molecule has 1 unspecified atom stereocenters. The number of rotatable bonds is 3. The van der Waals surface area contributed by atoms with Gasteiger partial charge in [0, 0.05) is 12.6 Å². The number of fused-ring (bicyclic) bond motifs is 1. The molecule has 0 saturated heterocycles. The number of nitrogens with two attached hydrogens (primary N) is 1. The van der Waals surface area contributed by atoms with Gasteiger partial charge in [0.1, 0.15) is 5.69 Å². The minimum absolute atomic E-state index is 0.143. The second-order valence-corrected chi connectivity index (χ2v) is 6.19. The fourth-order valence-corrected chi connectivity index (χ4v) is 3.48. The van der Waals surface area contributed by atoms with Crippen LogP contribution in [0.3, 0.4) is 0 Å². The Morgan fingerprint density at radius 2 is 2.16 bits per heavy atom. The number of aromatic nitrogens is 5. The summed E-state index contributed by atoms with van der Waals surface area (Å²) in [5, 5.41) is 2.94. The molecule has 0 radical (unpaired) electrons. The largest absolute Gasteiger partial charge is 0.480 e. The molecule has 1 aliphatic rings. The van der Waals surface area contributed by atoms with Gasteiger partial charge >= 0.3 is 0 Å². The van der Waals surface area contributed by atoms with Gasteiger partial charge in [0.25, 0.3) is 5.91 Å². The van der Waals surface area contributed by atoms with Crippen molar-refractivity contribution in [2.45, 2.75) is 12.5 Å². The first-order chi connectivity index (χ1) is 12.2. The molecule has 0 fully saturated rings.